The molecule has 3 atom stereocenters. The van der Waals surface area contributed by atoms with Gasteiger partial charge in [0.25, 0.3) is 5.56 Å². The average Bonchev–Trinajstić information content (AvgIpc) is 3.02. The lowest BCUT2D eigenvalue weighted by Gasteiger charge is -2.38. The molecule has 2 saturated heterocycles. The van der Waals surface area contributed by atoms with Crippen molar-refractivity contribution in [3.05, 3.63) is 33.2 Å². The number of hydrogen-bond acceptors (Lipinski definition) is 4. The van der Waals surface area contributed by atoms with Crippen LogP contribution in [-0.2, 0) is 17.9 Å². The number of piperidine rings is 1. The first-order valence-corrected chi connectivity index (χ1v) is 7.97. The highest BCUT2D eigenvalue weighted by Crippen LogP contribution is 2.35. The van der Waals surface area contributed by atoms with Crippen molar-refractivity contribution in [1.29, 1.82) is 0 Å². The van der Waals surface area contributed by atoms with Crippen LogP contribution in [0.15, 0.2) is 10.9 Å². The van der Waals surface area contributed by atoms with Gasteiger partial charge < -0.3 is 19.7 Å². The molecule has 0 radical (unpaired) electrons. The molecule has 0 spiro atoms. The van der Waals surface area contributed by atoms with Crippen molar-refractivity contribution in [2.24, 2.45) is 5.92 Å². The molecule has 4 heterocycles. The minimum Gasteiger partial charge on any atom is -0.392 e. The van der Waals surface area contributed by atoms with Crippen molar-refractivity contribution in [1.82, 2.24) is 9.88 Å². The fourth-order valence-electron chi connectivity index (χ4n) is 4.19. The Bertz CT molecular complexity index is 604. The van der Waals surface area contributed by atoms with Crippen molar-refractivity contribution in [2.45, 2.75) is 44.4 Å². The molecule has 0 saturated carbocycles. The summed E-state index contributed by atoms with van der Waals surface area (Å²) in [5.74, 6) is 0.945. The summed E-state index contributed by atoms with van der Waals surface area (Å²) in [6, 6.07) is 2.05. The van der Waals surface area contributed by atoms with Crippen molar-refractivity contribution >= 4 is 0 Å². The largest absolute Gasteiger partial charge is 0.392 e. The van der Waals surface area contributed by atoms with E-state index >= 15 is 0 Å². The van der Waals surface area contributed by atoms with E-state index in [1.807, 2.05) is 10.6 Å². The first kappa shape index (κ1) is 13.5. The van der Waals surface area contributed by atoms with Gasteiger partial charge in [-0.05, 0) is 43.4 Å². The standard InChI is InChI=1S/C16H22N2O3/c19-9-12-5-13-11-4-10(6-17-7-11)8-18(13)16(20)15(12)14-2-1-3-21-14/h5,10-11,14,17,19H,1-4,6-9H2. The highest BCUT2D eigenvalue weighted by Gasteiger charge is 2.34. The number of rotatable bonds is 2. The lowest BCUT2D eigenvalue weighted by Crippen LogP contribution is -2.46. The number of aliphatic hydroxyl groups is 1. The molecule has 21 heavy (non-hydrogen) atoms. The first-order chi connectivity index (χ1) is 10.3. The molecule has 4 rings (SSSR count). The zero-order chi connectivity index (χ0) is 14.4. The minimum atomic E-state index is -0.127. The fraction of sp³-hybridized carbons (Fsp3) is 0.688. The van der Waals surface area contributed by atoms with E-state index in [0.717, 1.165) is 50.2 Å². The van der Waals surface area contributed by atoms with E-state index in [9.17, 15) is 9.90 Å². The number of fused-ring (bicyclic) bond motifs is 4. The van der Waals surface area contributed by atoms with Crippen LogP contribution in [0.1, 0.15) is 48.1 Å². The van der Waals surface area contributed by atoms with Crippen LogP contribution in [-0.4, -0.2) is 29.4 Å². The van der Waals surface area contributed by atoms with E-state index in [-0.39, 0.29) is 18.3 Å². The van der Waals surface area contributed by atoms with Crippen LogP contribution >= 0.6 is 0 Å². The summed E-state index contributed by atoms with van der Waals surface area (Å²) in [7, 11) is 0. The zero-order valence-electron chi connectivity index (χ0n) is 12.2. The quantitative estimate of drug-likeness (QED) is 0.849. The maximum absolute atomic E-state index is 13.0. The summed E-state index contributed by atoms with van der Waals surface area (Å²) in [6.07, 6.45) is 2.90. The summed E-state index contributed by atoms with van der Waals surface area (Å²) >= 11 is 0. The smallest absolute Gasteiger partial charge is 0.256 e. The minimum absolute atomic E-state index is 0.0695. The third-order valence-corrected chi connectivity index (χ3v) is 5.18. The summed E-state index contributed by atoms with van der Waals surface area (Å²) in [6.45, 7) is 3.36. The van der Waals surface area contributed by atoms with E-state index in [1.165, 1.54) is 0 Å². The van der Waals surface area contributed by atoms with E-state index in [1.54, 1.807) is 0 Å². The Morgan fingerprint density at radius 3 is 3.10 bits per heavy atom. The van der Waals surface area contributed by atoms with Crippen molar-refractivity contribution in [3.63, 3.8) is 0 Å². The van der Waals surface area contributed by atoms with Crippen LogP contribution in [0.3, 0.4) is 0 Å². The summed E-state index contributed by atoms with van der Waals surface area (Å²) < 4.78 is 7.66. The Labute approximate surface area is 123 Å². The third-order valence-electron chi connectivity index (χ3n) is 5.18. The van der Waals surface area contributed by atoms with E-state index < -0.39 is 0 Å². The van der Waals surface area contributed by atoms with E-state index in [4.69, 9.17) is 4.74 Å². The number of hydrogen-bond donors (Lipinski definition) is 2. The van der Waals surface area contributed by atoms with E-state index in [2.05, 4.69) is 5.32 Å². The van der Waals surface area contributed by atoms with Crippen LogP contribution in [0.5, 0.6) is 0 Å². The normalized spacial score (nSPS) is 31.2. The molecule has 2 bridgehead atoms. The SMILES string of the molecule is O=c1c(C2CCCO2)c(CO)cc2n1CC1CNCC2C1. The van der Waals surface area contributed by atoms with Gasteiger partial charge in [-0.1, -0.05) is 0 Å². The van der Waals surface area contributed by atoms with Gasteiger partial charge >= 0.3 is 0 Å². The Balaban J connectivity index is 1.86. The Morgan fingerprint density at radius 1 is 1.43 bits per heavy atom. The number of aliphatic hydroxyl groups excluding tert-OH is 1. The molecule has 2 fully saturated rings. The second kappa shape index (κ2) is 5.23. The van der Waals surface area contributed by atoms with Gasteiger partial charge in [-0.15, -0.1) is 0 Å². The second-order valence-corrected chi connectivity index (χ2v) is 6.54. The van der Waals surface area contributed by atoms with Crippen LogP contribution in [0.2, 0.25) is 0 Å². The molecule has 3 unspecified atom stereocenters. The van der Waals surface area contributed by atoms with Crippen LogP contribution in [0.4, 0.5) is 0 Å². The maximum atomic E-state index is 13.0. The third kappa shape index (κ3) is 2.15. The van der Waals surface area contributed by atoms with Crippen molar-refractivity contribution < 1.29 is 9.84 Å². The van der Waals surface area contributed by atoms with Gasteiger partial charge in [-0.2, -0.15) is 0 Å². The Morgan fingerprint density at radius 2 is 2.33 bits per heavy atom. The second-order valence-electron chi connectivity index (χ2n) is 6.54. The van der Waals surface area contributed by atoms with Crippen molar-refractivity contribution in [2.75, 3.05) is 19.7 Å². The molecule has 1 aromatic heterocycles. The average molecular weight is 290 g/mol. The number of aromatic nitrogens is 1. The van der Waals surface area contributed by atoms with Gasteiger partial charge in [-0.3, -0.25) is 4.79 Å². The molecule has 1 aromatic rings. The molecule has 0 aromatic carbocycles. The predicted molar refractivity (Wildman–Crippen MR) is 78.3 cm³/mol. The number of nitrogens with one attached hydrogen (secondary N) is 1. The lowest BCUT2D eigenvalue weighted by atomic mass is 9.83. The van der Waals surface area contributed by atoms with Gasteiger partial charge in [-0.25, -0.2) is 0 Å². The summed E-state index contributed by atoms with van der Waals surface area (Å²) in [5, 5.41) is 13.2. The zero-order valence-corrected chi connectivity index (χ0v) is 12.2. The predicted octanol–water partition coefficient (Wildman–Crippen LogP) is 0.899. The van der Waals surface area contributed by atoms with Crippen molar-refractivity contribution in [3.8, 4) is 0 Å². The first-order valence-electron chi connectivity index (χ1n) is 7.97. The Hall–Kier alpha value is -1.17. The summed E-state index contributed by atoms with van der Waals surface area (Å²) in [4.78, 5) is 13.0. The molecule has 5 heteroatoms. The number of nitrogens with zero attached hydrogens (tertiary/aromatic N) is 1. The highest BCUT2D eigenvalue weighted by molar-refractivity contribution is 5.32. The van der Waals surface area contributed by atoms with E-state index in [0.29, 0.717) is 24.0 Å². The highest BCUT2D eigenvalue weighted by atomic mass is 16.5. The molecule has 0 aliphatic carbocycles. The molecule has 3 aliphatic rings. The van der Waals surface area contributed by atoms with Gasteiger partial charge in [0.1, 0.15) is 0 Å². The van der Waals surface area contributed by atoms with Gasteiger partial charge in [0.2, 0.25) is 0 Å². The number of pyridine rings is 1. The van der Waals surface area contributed by atoms with Gasteiger partial charge in [0, 0.05) is 31.3 Å². The Kier molecular flexibility index (Phi) is 3.36. The maximum Gasteiger partial charge on any atom is 0.256 e. The molecular formula is C16H22N2O3. The molecule has 3 aliphatic heterocycles. The summed E-state index contributed by atoms with van der Waals surface area (Å²) in [5.41, 5.74) is 2.63. The topological polar surface area (TPSA) is 63.5 Å². The molecule has 5 nitrogen and oxygen atoms in total. The van der Waals surface area contributed by atoms with Crippen LogP contribution < -0.4 is 10.9 Å². The number of ether oxygens (including phenoxy) is 1. The molecule has 0 amide bonds. The van der Waals surface area contributed by atoms with Gasteiger partial charge in [0.15, 0.2) is 0 Å². The lowest BCUT2D eigenvalue weighted by molar-refractivity contribution is 0.107. The van der Waals surface area contributed by atoms with Crippen LogP contribution in [0.25, 0.3) is 0 Å². The fourth-order valence-corrected chi connectivity index (χ4v) is 4.19. The van der Waals surface area contributed by atoms with Gasteiger partial charge in [0.05, 0.1) is 18.3 Å². The molecular weight excluding hydrogens is 268 g/mol. The molecule has 114 valence electrons. The molecule has 2 N–H and O–H groups in total. The van der Waals surface area contributed by atoms with Crippen LogP contribution in [0, 0.1) is 5.92 Å². The monoisotopic (exact) mass is 290 g/mol.